The topological polar surface area (TPSA) is 83.5 Å². The zero-order chi connectivity index (χ0) is 25.0. The number of hydrogen-bond acceptors (Lipinski definition) is 7. The summed E-state index contributed by atoms with van der Waals surface area (Å²) in [6.45, 7) is 0.850. The number of methoxy groups -OCH3 is 3. The Kier molecular flexibility index (Phi) is 10.6. The van der Waals surface area contributed by atoms with Gasteiger partial charge in [-0.05, 0) is 75.5 Å². The summed E-state index contributed by atoms with van der Waals surface area (Å²) in [5, 5.41) is 0. The molecule has 0 bridgehead atoms. The third kappa shape index (κ3) is 7.54. The number of esters is 1. The van der Waals surface area contributed by atoms with Crippen LogP contribution in [0.25, 0.3) is 6.08 Å². The molecule has 0 N–H and O–H groups in total. The highest BCUT2D eigenvalue weighted by Crippen LogP contribution is 2.38. The predicted octanol–water partition coefficient (Wildman–Crippen LogP) is 5.37. The number of amides is 1. The monoisotopic (exact) mass is 489 g/mol. The van der Waals surface area contributed by atoms with Gasteiger partial charge < -0.3 is 23.7 Å². The molecule has 1 aromatic carbocycles. The Morgan fingerprint density at radius 3 is 2.29 bits per heavy atom. The van der Waals surface area contributed by atoms with Crippen molar-refractivity contribution in [2.24, 2.45) is 0 Å². The first kappa shape index (κ1) is 26.7. The Morgan fingerprint density at radius 2 is 1.63 bits per heavy atom. The number of carbonyl (C=O) groups is 2. The fraction of sp³-hybridized carbons (Fsp3) is 0.630. The second-order valence-corrected chi connectivity index (χ2v) is 9.02. The molecule has 1 aliphatic carbocycles. The van der Waals surface area contributed by atoms with Gasteiger partial charge in [0.1, 0.15) is 12.1 Å². The SMILES string of the molecule is COc1cc(/C=C/CCCOC(=O)C2CCCCN2C(=O)OC2CCCCC2)cc(OC)c1OC. The van der Waals surface area contributed by atoms with Gasteiger partial charge in [-0.2, -0.15) is 0 Å². The number of carbonyl (C=O) groups excluding carboxylic acids is 2. The number of ether oxygens (including phenoxy) is 5. The summed E-state index contributed by atoms with van der Waals surface area (Å²) < 4.78 is 27.3. The third-order valence-electron chi connectivity index (χ3n) is 6.59. The van der Waals surface area contributed by atoms with Gasteiger partial charge in [0.05, 0.1) is 27.9 Å². The maximum Gasteiger partial charge on any atom is 0.410 e. The maximum absolute atomic E-state index is 12.7. The Balaban J connectivity index is 1.45. The van der Waals surface area contributed by atoms with E-state index in [2.05, 4.69) is 0 Å². The van der Waals surface area contributed by atoms with E-state index in [0.29, 0.717) is 43.2 Å². The van der Waals surface area contributed by atoms with Gasteiger partial charge in [0.15, 0.2) is 11.5 Å². The fourth-order valence-corrected chi connectivity index (χ4v) is 4.68. The number of rotatable bonds is 10. The highest BCUT2D eigenvalue weighted by molar-refractivity contribution is 5.81. The molecule has 0 radical (unpaired) electrons. The highest BCUT2D eigenvalue weighted by atomic mass is 16.6. The summed E-state index contributed by atoms with van der Waals surface area (Å²) in [7, 11) is 4.74. The van der Waals surface area contributed by atoms with Crippen molar-refractivity contribution < 1.29 is 33.3 Å². The molecule has 1 unspecified atom stereocenters. The Hall–Kier alpha value is -2.90. The van der Waals surface area contributed by atoms with Crippen molar-refractivity contribution in [2.45, 2.75) is 76.4 Å². The van der Waals surface area contributed by atoms with E-state index in [1.807, 2.05) is 24.3 Å². The molecule has 1 aliphatic heterocycles. The zero-order valence-electron chi connectivity index (χ0n) is 21.3. The van der Waals surface area contributed by atoms with Crippen molar-refractivity contribution in [1.29, 1.82) is 0 Å². The average Bonchev–Trinajstić information content (AvgIpc) is 2.90. The minimum Gasteiger partial charge on any atom is -0.493 e. The smallest absolute Gasteiger partial charge is 0.410 e. The molecule has 8 nitrogen and oxygen atoms in total. The van der Waals surface area contributed by atoms with Crippen LogP contribution < -0.4 is 14.2 Å². The van der Waals surface area contributed by atoms with Crippen molar-refractivity contribution in [3.63, 3.8) is 0 Å². The Labute approximate surface area is 208 Å². The molecule has 1 saturated carbocycles. The fourth-order valence-electron chi connectivity index (χ4n) is 4.68. The van der Waals surface area contributed by atoms with Gasteiger partial charge in [0.25, 0.3) is 0 Å². The summed E-state index contributed by atoms with van der Waals surface area (Å²) in [4.78, 5) is 27.0. The largest absolute Gasteiger partial charge is 0.493 e. The summed E-state index contributed by atoms with van der Waals surface area (Å²) >= 11 is 0. The molecule has 8 heteroatoms. The number of piperidine rings is 1. The molecular weight excluding hydrogens is 450 g/mol. The lowest BCUT2D eigenvalue weighted by molar-refractivity contribution is -0.151. The zero-order valence-corrected chi connectivity index (χ0v) is 21.3. The Bertz CT molecular complexity index is 838. The van der Waals surface area contributed by atoms with Gasteiger partial charge in [0, 0.05) is 6.54 Å². The number of likely N-dealkylation sites (tertiary alicyclic amines) is 1. The van der Waals surface area contributed by atoms with Gasteiger partial charge in [-0.3, -0.25) is 4.90 Å². The lowest BCUT2D eigenvalue weighted by atomic mass is 9.98. The van der Waals surface area contributed by atoms with Crippen molar-refractivity contribution >= 4 is 18.1 Å². The van der Waals surface area contributed by atoms with Crippen LogP contribution in [0.2, 0.25) is 0 Å². The standard InChI is InChI=1S/C27H39NO7/c1-31-23-18-20(19-24(32-2)25(23)33-3)12-6-5-11-17-34-26(29)22-15-9-10-16-28(22)27(30)35-21-13-7-4-8-14-21/h6,12,18-19,21-22H,4-5,7-11,13-17H2,1-3H3/b12-6+. The molecule has 1 amide bonds. The maximum atomic E-state index is 12.7. The summed E-state index contributed by atoms with van der Waals surface area (Å²) in [5.41, 5.74) is 0.922. The van der Waals surface area contributed by atoms with E-state index in [1.54, 1.807) is 26.2 Å². The first-order valence-electron chi connectivity index (χ1n) is 12.7. The van der Waals surface area contributed by atoms with Crippen molar-refractivity contribution in [2.75, 3.05) is 34.5 Å². The molecule has 3 rings (SSSR count). The molecule has 194 valence electrons. The van der Waals surface area contributed by atoms with E-state index in [9.17, 15) is 9.59 Å². The Morgan fingerprint density at radius 1 is 0.943 bits per heavy atom. The van der Waals surface area contributed by atoms with Gasteiger partial charge >= 0.3 is 12.1 Å². The lowest BCUT2D eigenvalue weighted by Crippen LogP contribution is -2.49. The predicted molar refractivity (Wildman–Crippen MR) is 133 cm³/mol. The van der Waals surface area contributed by atoms with Crippen LogP contribution in [-0.4, -0.2) is 63.6 Å². The molecule has 1 aromatic rings. The second kappa shape index (κ2) is 13.9. The van der Waals surface area contributed by atoms with E-state index in [-0.39, 0.29) is 18.2 Å². The van der Waals surface area contributed by atoms with E-state index >= 15 is 0 Å². The van der Waals surface area contributed by atoms with Crippen molar-refractivity contribution in [3.05, 3.63) is 23.8 Å². The number of allylic oxidation sites excluding steroid dienone is 1. The number of hydrogen-bond donors (Lipinski definition) is 0. The number of nitrogens with zero attached hydrogens (tertiary/aromatic N) is 1. The normalized spacial score (nSPS) is 18.8. The quantitative estimate of drug-likeness (QED) is 0.323. The molecule has 1 heterocycles. The van der Waals surface area contributed by atoms with Crippen molar-refractivity contribution in [1.82, 2.24) is 4.90 Å². The molecule has 1 saturated heterocycles. The van der Waals surface area contributed by atoms with E-state index in [1.165, 1.54) is 6.42 Å². The summed E-state index contributed by atoms with van der Waals surface area (Å²) in [6.07, 6.45) is 12.7. The van der Waals surface area contributed by atoms with E-state index in [4.69, 9.17) is 23.7 Å². The summed E-state index contributed by atoms with van der Waals surface area (Å²) in [6, 6.07) is 3.21. The van der Waals surface area contributed by atoms with E-state index in [0.717, 1.165) is 50.5 Å². The van der Waals surface area contributed by atoms with Crippen LogP contribution in [0, 0.1) is 0 Å². The molecular formula is C27H39NO7. The van der Waals surface area contributed by atoms with Crippen molar-refractivity contribution in [3.8, 4) is 17.2 Å². The van der Waals surface area contributed by atoms with Gasteiger partial charge in [-0.1, -0.05) is 18.6 Å². The third-order valence-corrected chi connectivity index (χ3v) is 6.59. The first-order chi connectivity index (χ1) is 17.1. The van der Waals surface area contributed by atoms with E-state index < -0.39 is 6.04 Å². The number of unbranched alkanes of at least 4 members (excludes halogenated alkanes) is 1. The van der Waals surface area contributed by atoms with Crippen LogP contribution in [0.3, 0.4) is 0 Å². The number of benzene rings is 1. The minimum atomic E-state index is -0.547. The molecule has 0 spiro atoms. The van der Waals surface area contributed by atoms with Crippen LogP contribution in [0.15, 0.2) is 18.2 Å². The first-order valence-corrected chi connectivity index (χ1v) is 12.7. The molecule has 35 heavy (non-hydrogen) atoms. The van der Waals surface area contributed by atoms with Crippen LogP contribution in [-0.2, 0) is 14.3 Å². The highest BCUT2D eigenvalue weighted by Gasteiger charge is 2.35. The van der Waals surface area contributed by atoms with Crippen LogP contribution >= 0.6 is 0 Å². The molecule has 2 fully saturated rings. The van der Waals surface area contributed by atoms with Crippen LogP contribution in [0.4, 0.5) is 4.79 Å². The van der Waals surface area contributed by atoms with Gasteiger partial charge in [-0.25, -0.2) is 9.59 Å². The molecule has 2 aliphatic rings. The minimum absolute atomic E-state index is 0.0210. The molecule has 0 aromatic heterocycles. The lowest BCUT2D eigenvalue weighted by Gasteiger charge is -2.34. The average molecular weight is 490 g/mol. The van der Waals surface area contributed by atoms with Crippen LogP contribution in [0.5, 0.6) is 17.2 Å². The van der Waals surface area contributed by atoms with Crippen LogP contribution in [0.1, 0.15) is 69.8 Å². The van der Waals surface area contributed by atoms with Gasteiger partial charge in [0.2, 0.25) is 5.75 Å². The summed E-state index contributed by atoms with van der Waals surface area (Å²) in [5.74, 6) is 1.41. The second-order valence-electron chi connectivity index (χ2n) is 9.02. The van der Waals surface area contributed by atoms with Gasteiger partial charge in [-0.15, -0.1) is 0 Å². The molecule has 1 atom stereocenters.